The second-order valence-corrected chi connectivity index (χ2v) is 2.45. The predicted octanol–water partition coefficient (Wildman–Crippen LogP) is 2.40. The van der Waals surface area contributed by atoms with E-state index < -0.39 is 0 Å². The first kappa shape index (κ1) is 8.67. The Morgan fingerprint density at radius 1 is 1.44 bits per heavy atom. The number of carbonyl (C=O) groups is 1. The van der Waals surface area contributed by atoms with Crippen LogP contribution in [0.2, 0.25) is 0 Å². The Balaban J connectivity index is 3.20. The lowest BCUT2D eigenvalue weighted by Crippen LogP contribution is -1.98. The van der Waals surface area contributed by atoms with Crippen LogP contribution in [0.15, 0.2) is 0 Å². The Morgan fingerprint density at radius 3 is 2.44 bits per heavy atom. The number of rotatable bonds is 5. The molecule has 0 amide bonds. The first-order valence-corrected chi connectivity index (χ1v) is 3.80. The Morgan fingerprint density at radius 2 is 2.11 bits per heavy atom. The fourth-order valence-electron chi connectivity index (χ4n) is 0.835. The van der Waals surface area contributed by atoms with Gasteiger partial charge in [0.25, 0.3) is 0 Å². The minimum absolute atomic E-state index is 0.324. The van der Waals surface area contributed by atoms with Crippen molar-refractivity contribution in [1.82, 2.24) is 0 Å². The molecule has 0 spiro atoms. The predicted molar refractivity (Wildman–Crippen MR) is 39.4 cm³/mol. The van der Waals surface area contributed by atoms with Crippen molar-refractivity contribution in [2.45, 2.75) is 39.5 Å². The maximum absolute atomic E-state index is 10.2. The van der Waals surface area contributed by atoms with E-state index in [0.29, 0.717) is 5.92 Å². The van der Waals surface area contributed by atoms with Gasteiger partial charge in [-0.3, -0.25) is 0 Å². The molecule has 0 N–H and O–H groups in total. The quantitative estimate of drug-likeness (QED) is 0.519. The monoisotopic (exact) mass is 128 g/mol. The second-order valence-electron chi connectivity index (χ2n) is 2.45. The van der Waals surface area contributed by atoms with Crippen molar-refractivity contribution in [2.75, 3.05) is 0 Å². The molecule has 0 aliphatic rings. The molecular weight excluding hydrogens is 112 g/mol. The maximum atomic E-state index is 10.2. The van der Waals surface area contributed by atoms with Crippen molar-refractivity contribution < 1.29 is 4.79 Å². The van der Waals surface area contributed by atoms with Gasteiger partial charge in [-0.15, -0.1) is 0 Å². The van der Waals surface area contributed by atoms with Crippen LogP contribution in [0.3, 0.4) is 0 Å². The van der Waals surface area contributed by atoms with Gasteiger partial charge in [-0.1, -0.05) is 26.7 Å². The Hall–Kier alpha value is -0.330. The summed E-state index contributed by atoms with van der Waals surface area (Å²) in [6.45, 7) is 4.21. The summed E-state index contributed by atoms with van der Waals surface area (Å²) in [5.41, 5.74) is 0. The lowest BCUT2D eigenvalue weighted by Gasteiger charge is -2.03. The summed E-state index contributed by atoms with van der Waals surface area (Å²) in [7, 11) is 0. The molecule has 0 aromatic rings. The minimum atomic E-state index is 0.324. The molecule has 0 aromatic heterocycles. The molecule has 0 aromatic carbocycles. The summed E-state index contributed by atoms with van der Waals surface area (Å²) in [5.74, 6) is 0.324. The zero-order valence-corrected chi connectivity index (χ0v) is 6.39. The molecule has 0 saturated heterocycles. The van der Waals surface area contributed by atoms with E-state index in [1.165, 1.54) is 12.8 Å². The van der Waals surface area contributed by atoms with Gasteiger partial charge in [0, 0.05) is 5.92 Å². The van der Waals surface area contributed by atoms with Crippen LogP contribution in [0.5, 0.6) is 0 Å². The van der Waals surface area contributed by atoms with Crippen molar-refractivity contribution in [3.05, 3.63) is 0 Å². The number of aldehydes is 1. The third-order valence-electron chi connectivity index (χ3n) is 1.65. The number of carbonyl (C=O) groups excluding carboxylic acids is 1. The molecule has 54 valence electrons. The van der Waals surface area contributed by atoms with E-state index in [9.17, 15) is 4.79 Å². The summed E-state index contributed by atoms with van der Waals surface area (Å²) in [5, 5.41) is 0. The van der Waals surface area contributed by atoms with Crippen LogP contribution < -0.4 is 0 Å². The smallest absolute Gasteiger partial charge is 0.123 e. The fraction of sp³-hybridized carbons (Fsp3) is 0.875. The van der Waals surface area contributed by atoms with E-state index in [2.05, 4.69) is 13.8 Å². The SMILES string of the molecule is CCCC[C@@H](C=O)CC. The highest BCUT2D eigenvalue weighted by Crippen LogP contribution is 2.08. The largest absolute Gasteiger partial charge is 0.303 e. The first-order chi connectivity index (χ1) is 4.35. The van der Waals surface area contributed by atoms with Crippen molar-refractivity contribution in [2.24, 2.45) is 5.92 Å². The van der Waals surface area contributed by atoms with Gasteiger partial charge >= 0.3 is 0 Å². The van der Waals surface area contributed by atoms with Gasteiger partial charge < -0.3 is 4.79 Å². The molecule has 1 atom stereocenters. The minimum Gasteiger partial charge on any atom is -0.303 e. The van der Waals surface area contributed by atoms with Gasteiger partial charge in [0.2, 0.25) is 0 Å². The van der Waals surface area contributed by atoms with Crippen molar-refractivity contribution >= 4 is 6.29 Å². The first-order valence-electron chi connectivity index (χ1n) is 3.80. The molecule has 1 heteroatoms. The zero-order valence-electron chi connectivity index (χ0n) is 6.39. The van der Waals surface area contributed by atoms with Crippen molar-refractivity contribution in [3.63, 3.8) is 0 Å². The Bertz CT molecular complexity index is 69.0. The van der Waals surface area contributed by atoms with Crippen LogP contribution >= 0.6 is 0 Å². The van der Waals surface area contributed by atoms with Crippen LogP contribution in [-0.4, -0.2) is 6.29 Å². The highest BCUT2D eigenvalue weighted by Gasteiger charge is 2.01. The standard InChI is InChI=1S/C8H16O/c1-3-5-6-8(4-2)7-9/h7-8H,3-6H2,1-2H3/t8-/m0/s1. The average Bonchev–Trinajstić information content (AvgIpc) is 1.91. The van der Waals surface area contributed by atoms with Gasteiger partial charge in [0.05, 0.1) is 0 Å². The van der Waals surface area contributed by atoms with Gasteiger partial charge in [0.1, 0.15) is 6.29 Å². The van der Waals surface area contributed by atoms with Crippen LogP contribution in [0, 0.1) is 5.92 Å². The van der Waals surface area contributed by atoms with E-state index in [4.69, 9.17) is 0 Å². The zero-order chi connectivity index (χ0) is 7.11. The molecule has 0 saturated carbocycles. The van der Waals surface area contributed by atoms with Gasteiger partial charge in [-0.05, 0) is 12.8 Å². The molecular formula is C8H16O. The Kier molecular flexibility index (Phi) is 5.59. The third kappa shape index (κ3) is 4.19. The molecule has 0 unspecified atom stereocenters. The van der Waals surface area contributed by atoms with Crippen LogP contribution in [-0.2, 0) is 4.79 Å². The molecule has 0 radical (unpaired) electrons. The molecule has 0 fully saturated rings. The van der Waals surface area contributed by atoms with E-state index in [1.54, 1.807) is 0 Å². The third-order valence-corrected chi connectivity index (χ3v) is 1.65. The van der Waals surface area contributed by atoms with Crippen molar-refractivity contribution in [1.29, 1.82) is 0 Å². The summed E-state index contributed by atoms with van der Waals surface area (Å²) in [4.78, 5) is 10.2. The summed E-state index contributed by atoms with van der Waals surface area (Å²) in [6.07, 6.45) is 5.55. The Labute approximate surface area is 57.5 Å². The highest BCUT2D eigenvalue weighted by atomic mass is 16.1. The molecule has 0 bridgehead atoms. The van der Waals surface area contributed by atoms with Gasteiger partial charge in [-0.25, -0.2) is 0 Å². The van der Waals surface area contributed by atoms with Crippen molar-refractivity contribution in [3.8, 4) is 0 Å². The highest BCUT2D eigenvalue weighted by molar-refractivity contribution is 5.53. The van der Waals surface area contributed by atoms with Crippen LogP contribution in [0.4, 0.5) is 0 Å². The lowest BCUT2D eigenvalue weighted by molar-refractivity contribution is -0.111. The summed E-state index contributed by atoms with van der Waals surface area (Å²) >= 11 is 0. The topological polar surface area (TPSA) is 17.1 Å². The second kappa shape index (κ2) is 5.80. The van der Waals surface area contributed by atoms with E-state index in [1.807, 2.05) is 0 Å². The fourth-order valence-corrected chi connectivity index (χ4v) is 0.835. The average molecular weight is 128 g/mol. The number of hydrogen-bond acceptors (Lipinski definition) is 1. The molecule has 0 rings (SSSR count). The molecule has 9 heavy (non-hydrogen) atoms. The summed E-state index contributed by atoms with van der Waals surface area (Å²) in [6, 6.07) is 0. The van der Waals surface area contributed by atoms with Gasteiger partial charge in [-0.2, -0.15) is 0 Å². The van der Waals surface area contributed by atoms with E-state index in [-0.39, 0.29) is 0 Å². The summed E-state index contributed by atoms with van der Waals surface area (Å²) < 4.78 is 0. The maximum Gasteiger partial charge on any atom is 0.123 e. The normalized spacial score (nSPS) is 13.1. The molecule has 1 nitrogen and oxygen atoms in total. The number of hydrogen-bond donors (Lipinski definition) is 0. The van der Waals surface area contributed by atoms with Crippen LogP contribution in [0.25, 0.3) is 0 Å². The van der Waals surface area contributed by atoms with Crippen LogP contribution in [0.1, 0.15) is 39.5 Å². The molecule has 0 heterocycles. The molecule has 0 aliphatic carbocycles. The lowest BCUT2D eigenvalue weighted by atomic mass is 10.0. The molecule has 0 aliphatic heterocycles. The van der Waals surface area contributed by atoms with Gasteiger partial charge in [0.15, 0.2) is 0 Å². The number of unbranched alkanes of at least 4 members (excludes halogenated alkanes) is 1. The van der Waals surface area contributed by atoms with E-state index >= 15 is 0 Å². The van der Waals surface area contributed by atoms with E-state index in [0.717, 1.165) is 19.1 Å².